The second-order valence-electron chi connectivity index (χ2n) is 5.47. The van der Waals surface area contributed by atoms with Crippen LogP contribution in [0.2, 0.25) is 0 Å². The molecule has 0 amide bonds. The molecule has 0 radical (unpaired) electrons. The summed E-state index contributed by atoms with van der Waals surface area (Å²) < 4.78 is 14.1. The van der Waals surface area contributed by atoms with Gasteiger partial charge in [-0.1, -0.05) is 24.3 Å². The van der Waals surface area contributed by atoms with Crippen LogP contribution in [0, 0.1) is 5.82 Å². The summed E-state index contributed by atoms with van der Waals surface area (Å²) in [5.74, 6) is -0.212. The minimum atomic E-state index is -0.212. The fourth-order valence-corrected chi connectivity index (χ4v) is 2.25. The maximum absolute atomic E-state index is 14.1. The molecule has 2 nitrogen and oxygen atoms in total. The Morgan fingerprint density at radius 1 is 1.15 bits per heavy atom. The first kappa shape index (κ1) is 14.7. The average Bonchev–Trinajstić information content (AvgIpc) is 2.38. The summed E-state index contributed by atoms with van der Waals surface area (Å²) in [5.41, 5.74) is 9.49. The molecule has 0 aliphatic rings. The molecule has 106 valence electrons. The van der Waals surface area contributed by atoms with Crippen LogP contribution in [0.5, 0.6) is 0 Å². The Labute approximate surface area is 120 Å². The fourth-order valence-electron chi connectivity index (χ4n) is 2.25. The third-order valence-electron chi connectivity index (χ3n) is 3.25. The number of nitrogens with zero attached hydrogens (tertiary/aromatic N) is 1. The molecule has 1 atom stereocenters. The topological polar surface area (TPSA) is 29.3 Å². The molecular formula is C17H21FN2. The van der Waals surface area contributed by atoms with E-state index >= 15 is 0 Å². The number of benzene rings is 2. The summed E-state index contributed by atoms with van der Waals surface area (Å²) in [5, 5.41) is 0. The van der Waals surface area contributed by atoms with E-state index in [4.69, 9.17) is 5.73 Å². The van der Waals surface area contributed by atoms with Gasteiger partial charge in [0.1, 0.15) is 5.82 Å². The molecule has 2 aromatic rings. The summed E-state index contributed by atoms with van der Waals surface area (Å²) in [6.07, 6.45) is 0. The average molecular weight is 272 g/mol. The van der Waals surface area contributed by atoms with E-state index in [1.807, 2.05) is 45.3 Å². The highest BCUT2D eigenvalue weighted by Gasteiger charge is 2.09. The van der Waals surface area contributed by atoms with Crippen molar-refractivity contribution in [1.29, 1.82) is 0 Å². The Morgan fingerprint density at radius 3 is 2.55 bits per heavy atom. The highest BCUT2D eigenvalue weighted by molar-refractivity contribution is 5.65. The summed E-state index contributed by atoms with van der Waals surface area (Å²) >= 11 is 0. The van der Waals surface area contributed by atoms with Crippen molar-refractivity contribution in [1.82, 2.24) is 4.90 Å². The smallest absolute Gasteiger partial charge is 0.131 e. The highest BCUT2D eigenvalue weighted by Crippen LogP contribution is 2.26. The van der Waals surface area contributed by atoms with Gasteiger partial charge in [0.15, 0.2) is 0 Å². The Morgan fingerprint density at radius 2 is 1.90 bits per heavy atom. The fraction of sp³-hybridized carbons (Fsp3) is 0.294. The predicted molar refractivity (Wildman–Crippen MR) is 81.8 cm³/mol. The van der Waals surface area contributed by atoms with Crippen LogP contribution in [0.4, 0.5) is 4.39 Å². The van der Waals surface area contributed by atoms with Crippen molar-refractivity contribution in [3.8, 4) is 11.1 Å². The molecule has 2 N–H and O–H groups in total. The lowest BCUT2D eigenvalue weighted by Gasteiger charge is -2.13. The molecule has 2 aromatic carbocycles. The monoisotopic (exact) mass is 272 g/mol. The molecule has 0 aliphatic carbocycles. The van der Waals surface area contributed by atoms with E-state index in [2.05, 4.69) is 11.0 Å². The van der Waals surface area contributed by atoms with Gasteiger partial charge in [0, 0.05) is 18.2 Å². The summed E-state index contributed by atoms with van der Waals surface area (Å²) in [7, 11) is 4.04. The van der Waals surface area contributed by atoms with E-state index in [9.17, 15) is 4.39 Å². The van der Waals surface area contributed by atoms with Crippen LogP contribution < -0.4 is 5.73 Å². The van der Waals surface area contributed by atoms with Gasteiger partial charge in [-0.2, -0.15) is 0 Å². The molecule has 1 unspecified atom stereocenters. The molecule has 0 aliphatic heterocycles. The summed E-state index contributed by atoms with van der Waals surface area (Å²) in [6, 6.07) is 13.0. The summed E-state index contributed by atoms with van der Waals surface area (Å²) in [4.78, 5) is 2.09. The maximum Gasteiger partial charge on any atom is 0.131 e. The van der Waals surface area contributed by atoms with Gasteiger partial charge >= 0.3 is 0 Å². The van der Waals surface area contributed by atoms with Gasteiger partial charge in [0.25, 0.3) is 0 Å². The molecule has 0 saturated heterocycles. The largest absolute Gasteiger partial charge is 0.324 e. The van der Waals surface area contributed by atoms with E-state index in [-0.39, 0.29) is 11.9 Å². The molecule has 0 spiro atoms. The standard InChI is InChI=1S/C17H21FN2/c1-12(19)14-7-8-17(18)16(10-14)15-6-4-5-13(9-15)11-20(2)3/h4-10,12H,11,19H2,1-3H3. The van der Waals surface area contributed by atoms with Crippen molar-refractivity contribution in [2.45, 2.75) is 19.5 Å². The number of halogens is 1. The zero-order valence-electron chi connectivity index (χ0n) is 12.2. The van der Waals surface area contributed by atoms with Crippen LogP contribution >= 0.6 is 0 Å². The van der Waals surface area contributed by atoms with Gasteiger partial charge in [0.05, 0.1) is 0 Å². The van der Waals surface area contributed by atoms with Crippen LogP contribution in [0.25, 0.3) is 11.1 Å². The first-order chi connectivity index (χ1) is 9.47. The lowest BCUT2D eigenvalue weighted by molar-refractivity contribution is 0.402. The molecule has 0 heterocycles. The second kappa shape index (κ2) is 6.16. The van der Waals surface area contributed by atoms with Crippen molar-refractivity contribution < 1.29 is 4.39 Å². The van der Waals surface area contributed by atoms with Gasteiger partial charge in [-0.3, -0.25) is 0 Å². The van der Waals surface area contributed by atoms with Crippen LogP contribution in [-0.4, -0.2) is 19.0 Å². The summed E-state index contributed by atoms with van der Waals surface area (Å²) in [6.45, 7) is 2.74. The Kier molecular flexibility index (Phi) is 4.53. The van der Waals surface area contributed by atoms with Gasteiger partial charge in [-0.25, -0.2) is 4.39 Å². The molecule has 20 heavy (non-hydrogen) atoms. The van der Waals surface area contributed by atoms with E-state index in [1.54, 1.807) is 6.07 Å². The number of rotatable bonds is 4. The third-order valence-corrected chi connectivity index (χ3v) is 3.25. The van der Waals surface area contributed by atoms with E-state index in [0.29, 0.717) is 5.56 Å². The van der Waals surface area contributed by atoms with Crippen LogP contribution in [0.1, 0.15) is 24.1 Å². The quantitative estimate of drug-likeness (QED) is 0.922. The highest BCUT2D eigenvalue weighted by atomic mass is 19.1. The minimum Gasteiger partial charge on any atom is -0.324 e. The van der Waals surface area contributed by atoms with E-state index in [0.717, 1.165) is 23.2 Å². The molecule has 0 aromatic heterocycles. The normalized spacial score (nSPS) is 12.7. The van der Waals surface area contributed by atoms with Crippen LogP contribution in [-0.2, 0) is 6.54 Å². The minimum absolute atomic E-state index is 0.0979. The number of hydrogen-bond donors (Lipinski definition) is 1. The van der Waals surface area contributed by atoms with Crippen molar-refractivity contribution in [2.24, 2.45) is 5.73 Å². The van der Waals surface area contributed by atoms with Crippen molar-refractivity contribution in [3.05, 3.63) is 59.4 Å². The van der Waals surface area contributed by atoms with Crippen molar-refractivity contribution >= 4 is 0 Å². The molecule has 0 bridgehead atoms. The first-order valence-electron chi connectivity index (χ1n) is 6.76. The van der Waals surface area contributed by atoms with Crippen molar-refractivity contribution in [2.75, 3.05) is 14.1 Å². The molecule has 0 saturated carbocycles. The molecule has 0 fully saturated rings. The number of nitrogens with two attached hydrogens (primary N) is 1. The zero-order valence-corrected chi connectivity index (χ0v) is 12.2. The van der Waals surface area contributed by atoms with Gasteiger partial charge in [0.2, 0.25) is 0 Å². The third kappa shape index (κ3) is 3.44. The molecular weight excluding hydrogens is 251 g/mol. The lowest BCUT2D eigenvalue weighted by atomic mass is 9.98. The SMILES string of the molecule is CC(N)c1ccc(F)c(-c2cccc(CN(C)C)c2)c1. The van der Waals surface area contributed by atoms with Crippen molar-refractivity contribution in [3.63, 3.8) is 0 Å². The molecule has 2 rings (SSSR count). The Balaban J connectivity index is 2.42. The van der Waals surface area contributed by atoms with Gasteiger partial charge in [-0.05, 0) is 55.9 Å². The van der Waals surface area contributed by atoms with Gasteiger partial charge < -0.3 is 10.6 Å². The second-order valence-corrected chi connectivity index (χ2v) is 5.47. The zero-order chi connectivity index (χ0) is 14.7. The molecule has 3 heteroatoms. The van der Waals surface area contributed by atoms with Crippen LogP contribution in [0.15, 0.2) is 42.5 Å². The first-order valence-corrected chi connectivity index (χ1v) is 6.76. The van der Waals surface area contributed by atoms with E-state index < -0.39 is 0 Å². The lowest BCUT2D eigenvalue weighted by Crippen LogP contribution is -2.10. The van der Waals surface area contributed by atoms with E-state index in [1.165, 1.54) is 6.07 Å². The number of hydrogen-bond acceptors (Lipinski definition) is 2. The Bertz CT molecular complexity index is 591. The maximum atomic E-state index is 14.1. The van der Waals surface area contributed by atoms with Gasteiger partial charge in [-0.15, -0.1) is 0 Å². The predicted octanol–water partition coefficient (Wildman–Crippen LogP) is 3.57. The van der Waals surface area contributed by atoms with Crippen LogP contribution in [0.3, 0.4) is 0 Å². The Hall–Kier alpha value is -1.71.